The first-order valence-corrected chi connectivity index (χ1v) is 22.1. The third kappa shape index (κ3) is 7.44. The molecule has 9 aromatic carbocycles. The summed E-state index contributed by atoms with van der Waals surface area (Å²) < 4.78 is 0. The number of hydrogen-bond donors (Lipinski definition) is 0. The molecule has 12 rings (SSSR count). The van der Waals surface area contributed by atoms with Crippen LogP contribution in [0.2, 0.25) is 0 Å². The van der Waals surface area contributed by atoms with Crippen LogP contribution < -0.4 is 0 Å². The van der Waals surface area contributed by atoms with Gasteiger partial charge in [0.25, 0.3) is 0 Å². The van der Waals surface area contributed by atoms with Gasteiger partial charge in [-0.15, -0.1) is 0 Å². The van der Waals surface area contributed by atoms with E-state index < -0.39 is 0 Å². The van der Waals surface area contributed by atoms with Gasteiger partial charge in [0.2, 0.25) is 0 Å². The normalized spacial score (nSPS) is 11.3. The van der Waals surface area contributed by atoms with Crippen molar-refractivity contribution >= 4 is 32.6 Å². The molecule has 0 radical (unpaired) electrons. The lowest BCUT2D eigenvalue weighted by Crippen LogP contribution is -2.00. The standard InChI is InChI=1S/C61H39N5/c1-4-13-40(14-5-1)42-23-28-47(29-24-42)60-64-59(46-18-8-3-9-19-46)65-61(66-60)48-30-25-43(26-31-48)50-21-12-22-52(38-50)56-39-54(51-32-27-41-15-10-11-20-49(41)37-51)53-35-33-45-34-36-55(44-16-6-2-7-17-44)62-57(45)58(53)63-56/h1-39H. The van der Waals surface area contributed by atoms with E-state index in [-0.39, 0.29) is 0 Å². The van der Waals surface area contributed by atoms with Crippen LogP contribution in [0.15, 0.2) is 237 Å². The molecule has 0 N–H and O–H groups in total. The largest absolute Gasteiger partial charge is 0.245 e. The minimum atomic E-state index is 0.615. The maximum atomic E-state index is 5.45. The first-order chi connectivity index (χ1) is 32.7. The van der Waals surface area contributed by atoms with E-state index in [4.69, 9.17) is 24.9 Å². The summed E-state index contributed by atoms with van der Waals surface area (Å²) >= 11 is 0. The smallest absolute Gasteiger partial charge is 0.164 e. The van der Waals surface area contributed by atoms with Crippen molar-refractivity contribution in [3.05, 3.63) is 237 Å². The molecule has 0 atom stereocenters. The Labute approximate surface area is 382 Å². The Bertz CT molecular complexity index is 3720. The highest BCUT2D eigenvalue weighted by atomic mass is 15.0. The molecule has 5 nitrogen and oxygen atoms in total. The second-order valence-corrected chi connectivity index (χ2v) is 16.5. The highest BCUT2D eigenvalue weighted by molar-refractivity contribution is 6.10. The molecule has 0 aliphatic rings. The van der Waals surface area contributed by atoms with Crippen molar-refractivity contribution in [2.75, 3.05) is 0 Å². The SMILES string of the molecule is c1ccc(-c2ccc(-c3nc(-c4ccccc4)nc(-c4ccc(-c5cccc(-c6cc(-c7ccc8ccccc8c7)c7ccc8ccc(-c9ccccc9)nc8c7n6)c5)cc4)n3)cc2)cc1. The molecule has 0 spiro atoms. The summed E-state index contributed by atoms with van der Waals surface area (Å²) in [6, 6.07) is 82.4. The Morgan fingerprint density at radius 3 is 1.33 bits per heavy atom. The summed E-state index contributed by atoms with van der Waals surface area (Å²) in [5.41, 5.74) is 15.1. The van der Waals surface area contributed by atoms with Crippen LogP contribution in [0, 0.1) is 0 Å². The molecule has 0 bridgehead atoms. The average molecular weight is 842 g/mol. The predicted molar refractivity (Wildman–Crippen MR) is 271 cm³/mol. The Balaban J connectivity index is 0.937. The third-order valence-electron chi connectivity index (χ3n) is 12.3. The van der Waals surface area contributed by atoms with Crippen LogP contribution in [-0.4, -0.2) is 24.9 Å². The maximum absolute atomic E-state index is 5.45. The van der Waals surface area contributed by atoms with Gasteiger partial charge in [0.1, 0.15) is 0 Å². The zero-order valence-corrected chi connectivity index (χ0v) is 35.8. The first kappa shape index (κ1) is 38.7. The molecule has 0 aliphatic heterocycles. The molecule has 0 saturated heterocycles. The fraction of sp³-hybridized carbons (Fsp3) is 0. The molecule has 12 aromatic rings. The summed E-state index contributed by atoms with van der Waals surface area (Å²) in [5, 5.41) is 4.51. The zero-order valence-electron chi connectivity index (χ0n) is 35.8. The molecule has 0 amide bonds. The minimum absolute atomic E-state index is 0.615. The quantitative estimate of drug-likeness (QED) is 0.143. The summed E-state index contributed by atoms with van der Waals surface area (Å²) in [4.78, 5) is 25.7. The van der Waals surface area contributed by atoms with Gasteiger partial charge in [-0.2, -0.15) is 0 Å². The van der Waals surface area contributed by atoms with Crippen LogP contribution in [0.3, 0.4) is 0 Å². The van der Waals surface area contributed by atoms with Crippen LogP contribution in [0.1, 0.15) is 0 Å². The van der Waals surface area contributed by atoms with E-state index in [0.717, 1.165) is 88.8 Å². The molecular formula is C61H39N5. The molecule has 3 aromatic heterocycles. The topological polar surface area (TPSA) is 64.5 Å². The van der Waals surface area contributed by atoms with Gasteiger partial charge >= 0.3 is 0 Å². The highest BCUT2D eigenvalue weighted by Gasteiger charge is 2.17. The lowest BCUT2D eigenvalue weighted by Gasteiger charge is -2.14. The molecule has 0 aliphatic carbocycles. The van der Waals surface area contributed by atoms with Crippen LogP contribution in [0.4, 0.5) is 0 Å². The van der Waals surface area contributed by atoms with E-state index in [9.17, 15) is 0 Å². The second kappa shape index (κ2) is 16.6. The minimum Gasteiger partial charge on any atom is -0.245 e. The van der Waals surface area contributed by atoms with Crippen molar-refractivity contribution in [3.8, 4) is 90.1 Å². The van der Waals surface area contributed by atoms with Crippen molar-refractivity contribution in [1.29, 1.82) is 0 Å². The van der Waals surface area contributed by atoms with Crippen molar-refractivity contribution in [1.82, 2.24) is 24.9 Å². The Morgan fingerprint density at radius 1 is 0.212 bits per heavy atom. The lowest BCUT2D eigenvalue weighted by molar-refractivity contribution is 1.07. The van der Waals surface area contributed by atoms with E-state index >= 15 is 0 Å². The number of aromatic nitrogens is 5. The van der Waals surface area contributed by atoms with Gasteiger partial charge in [-0.25, -0.2) is 24.9 Å². The van der Waals surface area contributed by atoms with Crippen LogP contribution in [0.25, 0.3) is 123 Å². The van der Waals surface area contributed by atoms with E-state index in [1.807, 2.05) is 42.5 Å². The van der Waals surface area contributed by atoms with Crippen molar-refractivity contribution in [3.63, 3.8) is 0 Å². The third-order valence-corrected chi connectivity index (χ3v) is 12.3. The van der Waals surface area contributed by atoms with Gasteiger partial charge in [-0.1, -0.05) is 212 Å². The van der Waals surface area contributed by atoms with Crippen molar-refractivity contribution < 1.29 is 0 Å². The molecule has 5 heteroatoms. The number of benzene rings is 9. The van der Waals surface area contributed by atoms with Gasteiger partial charge in [0, 0.05) is 38.6 Å². The molecule has 308 valence electrons. The van der Waals surface area contributed by atoms with E-state index in [1.54, 1.807) is 0 Å². The van der Waals surface area contributed by atoms with Gasteiger partial charge in [-0.3, -0.25) is 0 Å². The van der Waals surface area contributed by atoms with Gasteiger partial charge in [0.15, 0.2) is 17.5 Å². The lowest BCUT2D eigenvalue weighted by atomic mass is 9.94. The van der Waals surface area contributed by atoms with Crippen LogP contribution in [-0.2, 0) is 0 Å². The fourth-order valence-electron chi connectivity index (χ4n) is 8.85. The average Bonchev–Trinajstić information content (AvgIpc) is 3.41. The Hall–Kier alpha value is -8.93. The summed E-state index contributed by atoms with van der Waals surface area (Å²) in [6.45, 7) is 0. The van der Waals surface area contributed by atoms with Gasteiger partial charge in [0.05, 0.1) is 22.4 Å². The molecule has 3 heterocycles. The van der Waals surface area contributed by atoms with E-state index in [0.29, 0.717) is 17.5 Å². The number of rotatable bonds is 8. The van der Waals surface area contributed by atoms with Gasteiger partial charge in [-0.05, 0) is 68.4 Å². The van der Waals surface area contributed by atoms with E-state index in [2.05, 4.69) is 194 Å². The first-order valence-electron chi connectivity index (χ1n) is 22.1. The van der Waals surface area contributed by atoms with E-state index in [1.165, 1.54) is 16.3 Å². The van der Waals surface area contributed by atoms with Gasteiger partial charge < -0.3 is 0 Å². The number of nitrogens with zero attached hydrogens (tertiary/aromatic N) is 5. The van der Waals surface area contributed by atoms with Crippen molar-refractivity contribution in [2.24, 2.45) is 0 Å². The summed E-state index contributed by atoms with van der Waals surface area (Å²) in [5.74, 6) is 1.87. The predicted octanol–water partition coefficient (Wildman–Crippen LogP) is 15.5. The highest BCUT2D eigenvalue weighted by Crippen LogP contribution is 2.38. The van der Waals surface area contributed by atoms with Crippen LogP contribution in [0.5, 0.6) is 0 Å². The molecule has 0 saturated carbocycles. The number of hydrogen-bond acceptors (Lipinski definition) is 5. The fourth-order valence-corrected chi connectivity index (χ4v) is 8.85. The summed E-state index contributed by atoms with van der Waals surface area (Å²) in [7, 11) is 0. The molecule has 0 fully saturated rings. The number of pyridine rings is 2. The summed E-state index contributed by atoms with van der Waals surface area (Å²) in [6.07, 6.45) is 0. The Kier molecular flexibility index (Phi) is 9.77. The van der Waals surface area contributed by atoms with Crippen molar-refractivity contribution in [2.45, 2.75) is 0 Å². The van der Waals surface area contributed by atoms with Crippen LogP contribution >= 0.6 is 0 Å². The monoisotopic (exact) mass is 841 g/mol. The zero-order chi connectivity index (χ0) is 43.8. The maximum Gasteiger partial charge on any atom is 0.164 e. The second-order valence-electron chi connectivity index (χ2n) is 16.5. The molecular weight excluding hydrogens is 803 g/mol. The Morgan fingerprint density at radius 2 is 0.667 bits per heavy atom. The number of fused-ring (bicyclic) bond motifs is 4. The molecule has 0 unspecified atom stereocenters. The molecule has 66 heavy (non-hydrogen) atoms.